The Bertz CT molecular complexity index is 2960. The minimum absolute atomic E-state index is 0.0225. The number of nitro benzene ring substituents is 1. The lowest BCUT2D eigenvalue weighted by Gasteiger charge is -2.56. The first-order chi connectivity index (χ1) is 34.5. The molecule has 4 N–H and O–H groups in total. The van der Waals surface area contributed by atoms with Gasteiger partial charge in [-0.15, -0.1) is 0 Å². The van der Waals surface area contributed by atoms with Gasteiger partial charge in [0.05, 0.1) is 39.0 Å². The summed E-state index contributed by atoms with van der Waals surface area (Å²) in [5.74, 6) is -1.30. The van der Waals surface area contributed by atoms with Crippen molar-refractivity contribution in [1.29, 1.82) is 0 Å². The van der Waals surface area contributed by atoms with E-state index in [1.807, 2.05) is 0 Å². The number of piperidine rings is 1. The van der Waals surface area contributed by atoms with Crippen LogP contribution >= 0.6 is 0 Å². The molecule has 72 heavy (non-hydrogen) atoms. The van der Waals surface area contributed by atoms with Crippen LogP contribution in [0.4, 0.5) is 21.5 Å². The molecule has 0 bridgehead atoms. The monoisotopic (exact) mass is 1010 g/mol. The number of rotatable bonds is 15. The second-order valence-electron chi connectivity index (χ2n) is 21.1. The van der Waals surface area contributed by atoms with Gasteiger partial charge < -0.3 is 39.3 Å². The van der Waals surface area contributed by atoms with Crippen molar-refractivity contribution in [1.82, 2.24) is 19.6 Å². The minimum atomic E-state index is -4.77. The Balaban J connectivity index is 0.898. The van der Waals surface area contributed by atoms with Crippen LogP contribution < -0.4 is 29.1 Å². The average Bonchev–Trinajstić information content (AvgIpc) is 3.98. The molecular weight excluding hydrogens is 946 g/mol. The molecular formula is C53H64FN7O10S. The van der Waals surface area contributed by atoms with Crippen LogP contribution in [0.2, 0.25) is 0 Å². The number of likely N-dealkylation sites (tertiary alicyclic amines) is 1. The first kappa shape index (κ1) is 49.6. The summed E-state index contributed by atoms with van der Waals surface area (Å²) in [4.78, 5) is 37.8. The minimum Gasteiger partial charge on any atom is -0.489 e. The summed E-state index contributed by atoms with van der Waals surface area (Å²) in [5.41, 5.74) is 2.61. The third-order valence-corrected chi connectivity index (χ3v) is 17.3. The number of aliphatic hydroxyl groups is 1. The molecule has 4 fully saturated rings. The number of aromatic nitrogens is 2. The van der Waals surface area contributed by atoms with Gasteiger partial charge in [0, 0.05) is 68.4 Å². The molecule has 19 heteroatoms. The zero-order chi connectivity index (χ0) is 50.5. The van der Waals surface area contributed by atoms with Gasteiger partial charge in [-0.2, -0.15) is 4.98 Å². The molecule has 5 heterocycles. The Labute approximate surface area is 419 Å². The fourth-order valence-electron chi connectivity index (χ4n) is 11.9. The molecule has 3 aromatic carbocycles. The number of nitrogens with one attached hydrogen (secondary N) is 3. The maximum atomic E-state index is 15.0. The van der Waals surface area contributed by atoms with E-state index < -0.39 is 42.9 Å². The number of pyridine rings is 1. The van der Waals surface area contributed by atoms with Crippen molar-refractivity contribution in [2.45, 2.75) is 120 Å². The van der Waals surface area contributed by atoms with Crippen LogP contribution in [0.15, 0.2) is 71.8 Å². The van der Waals surface area contributed by atoms with Crippen LogP contribution in [0.3, 0.4) is 0 Å². The van der Waals surface area contributed by atoms with Gasteiger partial charge in [0.15, 0.2) is 17.2 Å². The quantitative estimate of drug-likeness (QED) is 0.0438. The molecule has 2 aliphatic carbocycles. The van der Waals surface area contributed by atoms with Gasteiger partial charge in [-0.1, -0.05) is 38.1 Å². The van der Waals surface area contributed by atoms with Crippen molar-refractivity contribution in [2.24, 2.45) is 11.3 Å². The van der Waals surface area contributed by atoms with Crippen molar-refractivity contribution in [3.63, 3.8) is 0 Å². The van der Waals surface area contributed by atoms with E-state index in [0.29, 0.717) is 43.7 Å². The number of carbonyl (C=O) groups is 1. The highest BCUT2D eigenvalue weighted by Crippen LogP contribution is 2.54. The number of fused-ring (bicyclic) bond motifs is 2. The summed E-state index contributed by atoms with van der Waals surface area (Å²) in [6.45, 7) is 9.33. The summed E-state index contributed by atoms with van der Waals surface area (Å²) in [6, 6.07) is 17.9. The zero-order valence-electron chi connectivity index (χ0n) is 41.2. The number of carbonyl (C=O) groups excluding carboxylic acids is 1. The largest absolute Gasteiger partial charge is 0.489 e. The second-order valence-corrected chi connectivity index (χ2v) is 22.8. The Morgan fingerprint density at radius 1 is 1.03 bits per heavy atom. The highest BCUT2D eigenvalue weighted by Gasteiger charge is 2.50. The Morgan fingerprint density at radius 3 is 2.53 bits per heavy atom. The number of sulfonamides is 1. The molecule has 17 nitrogen and oxygen atoms in total. The van der Waals surface area contributed by atoms with E-state index in [9.17, 15) is 28.4 Å². The number of nitrogens with zero attached hydrogens (tertiary/aromatic N) is 4. The van der Waals surface area contributed by atoms with Crippen molar-refractivity contribution in [3.05, 3.63) is 99.5 Å². The molecule has 1 amide bonds. The number of hydrogen-bond donors (Lipinski definition) is 4. The number of benzene rings is 3. The number of H-pyrrole nitrogens is 1. The average molecular weight is 1010 g/mol. The molecule has 5 aromatic rings. The van der Waals surface area contributed by atoms with Crippen LogP contribution in [0, 0.1) is 27.3 Å². The standard InChI is InChI=1S/C53H64FN7O10S/c1-32(2)37-8-5-6-9-38(37)43-10-7-19-60(43)35-28-53(29-35)17-20-59(21-18-53)34-11-12-39(45(24-34)71-47-27-40-41(54)30-55-49(40)57-51(47)69-23-22-68-4)50(62)58-72(66,67)36-25-44(61(64)65)48-46(26-36)70-31-42(56-48)33-13-15-52(3,63)16-14-33/h5-6,8-9,11-12,24-27,30,32-33,35,42-43,56,63H,7,10,13-23,28-29,31H2,1-4H3,(H,55,57)(H,58,62)/t33-,42-,43+,52-/m1/s1. The Hall–Kier alpha value is -6.02. The number of methoxy groups -OCH3 is 1. The highest BCUT2D eigenvalue weighted by molar-refractivity contribution is 7.90. The lowest BCUT2D eigenvalue weighted by atomic mass is 9.59. The van der Waals surface area contributed by atoms with Crippen molar-refractivity contribution < 1.29 is 46.6 Å². The van der Waals surface area contributed by atoms with Gasteiger partial charge in [-0.3, -0.25) is 19.8 Å². The normalized spacial score (nSPS) is 23.3. The lowest BCUT2D eigenvalue weighted by molar-refractivity contribution is -0.384. The predicted molar refractivity (Wildman–Crippen MR) is 269 cm³/mol. The van der Waals surface area contributed by atoms with Crippen LogP contribution in [-0.2, 0) is 14.8 Å². The SMILES string of the molecule is COCCOc1nc2[nH]cc(F)c2cc1Oc1cc(N2CCC3(CC2)CC(N2CCC[C@H]2c2ccccc2C(C)C)C3)ccc1C(=O)NS(=O)(=O)c1cc2c(c([N+](=O)[O-])c1)N[C@@H]([C@H]1CC[C@](C)(O)CC1)CO2. The number of hydrogen-bond acceptors (Lipinski definition) is 14. The molecule has 2 saturated carbocycles. The number of nitro groups is 1. The molecule has 0 unspecified atom stereocenters. The molecule has 384 valence electrons. The van der Waals surface area contributed by atoms with E-state index in [4.69, 9.17) is 18.9 Å². The number of anilines is 2. The fraction of sp³-hybridized carbons (Fsp3) is 0.509. The summed E-state index contributed by atoms with van der Waals surface area (Å²) in [7, 11) is -3.26. The van der Waals surface area contributed by atoms with E-state index in [2.05, 4.69) is 67.9 Å². The van der Waals surface area contributed by atoms with Gasteiger partial charge in [0.25, 0.3) is 27.5 Å². The number of aromatic amines is 1. The maximum absolute atomic E-state index is 15.0. The molecule has 5 aliphatic rings. The van der Waals surface area contributed by atoms with Gasteiger partial charge >= 0.3 is 0 Å². The molecule has 10 rings (SSSR count). The first-order valence-corrected chi connectivity index (χ1v) is 26.7. The topological polar surface area (TPSA) is 211 Å². The molecule has 2 saturated heterocycles. The van der Waals surface area contributed by atoms with E-state index >= 15 is 4.39 Å². The van der Waals surface area contributed by atoms with Crippen LogP contribution in [0.25, 0.3) is 11.0 Å². The van der Waals surface area contributed by atoms with Gasteiger partial charge in [-0.05, 0) is 118 Å². The molecule has 3 aliphatic heterocycles. The van der Waals surface area contributed by atoms with Crippen molar-refractivity contribution in [2.75, 3.05) is 56.8 Å². The first-order valence-electron chi connectivity index (χ1n) is 25.2. The van der Waals surface area contributed by atoms with Crippen molar-refractivity contribution in [3.8, 4) is 23.1 Å². The van der Waals surface area contributed by atoms with E-state index in [-0.39, 0.29) is 82.6 Å². The third kappa shape index (κ3) is 9.92. The van der Waals surface area contributed by atoms with Crippen LogP contribution in [0.5, 0.6) is 23.1 Å². The Kier molecular flexibility index (Phi) is 13.6. The summed E-state index contributed by atoms with van der Waals surface area (Å²) in [6.07, 6.45) is 10.3. The van der Waals surface area contributed by atoms with Crippen LogP contribution in [0.1, 0.15) is 118 Å². The lowest BCUT2D eigenvalue weighted by Crippen LogP contribution is -2.54. The fourth-order valence-corrected chi connectivity index (χ4v) is 12.9. The summed E-state index contributed by atoms with van der Waals surface area (Å²) >= 11 is 0. The number of halogens is 1. The molecule has 1 spiro atoms. The summed E-state index contributed by atoms with van der Waals surface area (Å²) < 4.78 is 68.9. The van der Waals surface area contributed by atoms with Crippen molar-refractivity contribution >= 4 is 44.0 Å². The van der Waals surface area contributed by atoms with E-state index in [0.717, 1.165) is 69.3 Å². The number of amides is 1. The summed E-state index contributed by atoms with van der Waals surface area (Å²) in [5, 5.41) is 26.3. The zero-order valence-corrected chi connectivity index (χ0v) is 42.1. The van der Waals surface area contributed by atoms with E-state index in [1.54, 1.807) is 19.1 Å². The van der Waals surface area contributed by atoms with Crippen LogP contribution in [-0.4, -0.2) is 103 Å². The highest BCUT2D eigenvalue weighted by atomic mass is 32.2. The smallest absolute Gasteiger partial charge is 0.297 e. The van der Waals surface area contributed by atoms with Gasteiger partial charge in [-0.25, -0.2) is 17.5 Å². The van der Waals surface area contributed by atoms with Gasteiger partial charge in [0.2, 0.25) is 0 Å². The third-order valence-electron chi connectivity index (χ3n) is 16.0. The van der Waals surface area contributed by atoms with Gasteiger partial charge in [0.1, 0.15) is 30.4 Å². The molecule has 2 aromatic heterocycles. The molecule has 2 atom stereocenters. The maximum Gasteiger partial charge on any atom is 0.297 e. The van der Waals surface area contributed by atoms with E-state index in [1.165, 1.54) is 43.2 Å². The number of ether oxygens (including phenoxy) is 4. The predicted octanol–water partition coefficient (Wildman–Crippen LogP) is 9.37. The molecule has 0 radical (unpaired) electrons. The second kappa shape index (κ2) is 19.8. The Morgan fingerprint density at radius 2 is 1.79 bits per heavy atom.